The van der Waals surface area contributed by atoms with Gasteiger partial charge in [0.05, 0.1) is 17.5 Å². The van der Waals surface area contributed by atoms with Gasteiger partial charge in [-0.05, 0) is 46.2 Å². The number of carbonyl (C=O) groups excluding carboxylic acids is 1. The topological polar surface area (TPSA) is 71.8 Å². The van der Waals surface area contributed by atoms with Crippen molar-refractivity contribution in [2.75, 3.05) is 13.1 Å². The molecule has 2 aromatic rings. The van der Waals surface area contributed by atoms with E-state index >= 15 is 0 Å². The van der Waals surface area contributed by atoms with Gasteiger partial charge in [-0.25, -0.2) is 9.67 Å². The fraction of sp³-hybridized carbons (Fsp3) is 0.562. The molecule has 1 saturated heterocycles. The number of aromatic nitrogens is 3. The van der Waals surface area contributed by atoms with Gasteiger partial charge in [0.2, 0.25) is 0 Å². The van der Waals surface area contributed by atoms with Crippen LogP contribution in [0.25, 0.3) is 11.0 Å². The van der Waals surface area contributed by atoms with Crippen molar-refractivity contribution in [3.63, 3.8) is 0 Å². The monoisotopic (exact) mass is 301 g/mol. The number of fused-ring (bicyclic) bond motifs is 1. The zero-order valence-corrected chi connectivity index (χ0v) is 13.4. The quantitative estimate of drug-likeness (QED) is 0.903. The summed E-state index contributed by atoms with van der Waals surface area (Å²) in [5, 5.41) is 11.7. The highest BCUT2D eigenvalue weighted by Crippen LogP contribution is 2.19. The van der Waals surface area contributed by atoms with E-state index < -0.39 is 0 Å². The average Bonchev–Trinajstić information content (AvgIpc) is 3.12. The van der Waals surface area contributed by atoms with Gasteiger partial charge in [0.15, 0.2) is 5.65 Å². The van der Waals surface area contributed by atoms with Crippen molar-refractivity contribution in [3.8, 4) is 0 Å². The lowest BCUT2D eigenvalue weighted by Gasteiger charge is -2.13. The number of nitrogens with one attached hydrogen (secondary N) is 2. The lowest BCUT2D eigenvalue weighted by molar-refractivity contribution is 0.0949. The van der Waals surface area contributed by atoms with E-state index in [4.69, 9.17) is 0 Å². The van der Waals surface area contributed by atoms with Crippen LogP contribution in [0.3, 0.4) is 0 Å². The molecule has 2 N–H and O–H groups in total. The van der Waals surface area contributed by atoms with Crippen LogP contribution >= 0.6 is 0 Å². The first kappa shape index (κ1) is 15.0. The van der Waals surface area contributed by atoms with E-state index in [-0.39, 0.29) is 11.9 Å². The summed E-state index contributed by atoms with van der Waals surface area (Å²) in [7, 11) is 0. The summed E-state index contributed by atoms with van der Waals surface area (Å²) in [6, 6.07) is 2.53. The van der Waals surface area contributed by atoms with Gasteiger partial charge < -0.3 is 10.6 Å². The van der Waals surface area contributed by atoms with Crippen molar-refractivity contribution in [2.45, 2.75) is 45.7 Å². The third-order valence-electron chi connectivity index (χ3n) is 4.16. The average molecular weight is 301 g/mol. The molecule has 1 fully saturated rings. The molecule has 22 heavy (non-hydrogen) atoms. The summed E-state index contributed by atoms with van der Waals surface area (Å²) in [4.78, 5) is 17.0. The molecule has 0 aliphatic carbocycles. The van der Waals surface area contributed by atoms with Crippen LogP contribution in [0, 0.1) is 6.92 Å². The molecule has 6 heteroatoms. The fourth-order valence-corrected chi connectivity index (χ4v) is 2.92. The molecular formula is C16H23N5O. The molecule has 1 amide bonds. The van der Waals surface area contributed by atoms with Crippen molar-refractivity contribution in [3.05, 3.63) is 23.5 Å². The Morgan fingerprint density at radius 1 is 1.55 bits per heavy atom. The number of nitrogens with zero attached hydrogens (tertiary/aromatic N) is 3. The number of carbonyl (C=O) groups is 1. The second-order valence-electron chi connectivity index (χ2n) is 6.22. The van der Waals surface area contributed by atoms with E-state index in [0.717, 1.165) is 29.7 Å². The first-order valence-corrected chi connectivity index (χ1v) is 7.92. The highest BCUT2D eigenvalue weighted by molar-refractivity contribution is 5.98. The minimum absolute atomic E-state index is 0.0575. The second kappa shape index (κ2) is 6.04. The highest BCUT2D eigenvalue weighted by atomic mass is 16.1. The lowest BCUT2D eigenvalue weighted by Crippen LogP contribution is -2.37. The van der Waals surface area contributed by atoms with Crippen LogP contribution in [0.15, 0.2) is 12.3 Å². The SMILES string of the molecule is Cc1nc2c(cnn2C(C)C)cc1C(=O)NCC1CCCN1. The van der Waals surface area contributed by atoms with Crippen LogP contribution in [0.2, 0.25) is 0 Å². The Balaban J connectivity index is 1.80. The molecule has 3 heterocycles. The summed E-state index contributed by atoms with van der Waals surface area (Å²) >= 11 is 0. The summed E-state index contributed by atoms with van der Waals surface area (Å²) in [5.74, 6) is -0.0575. The Kier molecular flexibility index (Phi) is 4.11. The summed E-state index contributed by atoms with van der Waals surface area (Å²) in [5.41, 5.74) is 2.21. The second-order valence-corrected chi connectivity index (χ2v) is 6.22. The van der Waals surface area contributed by atoms with Crippen molar-refractivity contribution in [2.24, 2.45) is 0 Å². The minimum Gasteiger partial charge on any atom is -0.350 e. The van der Waals surface area contributed by atoms with E-state index in [0.29, 0.717) is 18.2 Å². The first-order valence-electron chi connectivity index (χ1n) is 7.92. The minimum atomic E-state index is -0.0575. The molecule has 1 aliphatic rings. The van der Waals surface area contributed by atoms with Crippen LogP contribution < -0.4 is 10.6 Å². The number of hydrogen-bond acceptors (Lipinski definition) is 4. The molecule has 6 nitrogen and oxygen atoms in total. The van der Waals surface area contributed by atoms with Crippen LogP contribution in [0.5, 0.6) is 0 Å². The molecular weight excluding hydrogens is 278 g/mol. The van der Waals surface area contributed by atoms with Gasteiger partial charge in [-0.15, -0.1) is 0 Å². The van der Waals surface area contributed by atoms with Crippen LogP contribution in [-0.4, -0.2) is 39.8 Å². The zero-order valence-electron chi connectivity index (χ0n) is 13.4. The summed E-state index contributed by atoms with van der Waals surface area (Å²) < 4.78 is 1.88. The van der Waals surface area contributed by atoms with Crippen LogP contribution in [0.1, 0.15) is 48.8 Å². The van der Waals surface area contributed by atoms with Gasteiger partial charge >= 0.3 is 0 Å². The van der Waals surface area contributed by atoms with Gasteiger partial charge in [-0.3, -0.25) is 4.79 Å². The Bertz CT molecular complexity index is 685. The van der Waals surface area contributed by atoms with E-state index in [1.165, 1.54) is 6.42 Å². The van der Waals surface area contributed by atoms with Crippen LogP contribution in [0.4, 0.5) is 0 Å². The Morgan fingerprint density at radius 2 is 2.36 bits per heavy atom. The van der Waals surface area contributed by atoms with Crippen molar-refractivity contribution < 1.29 is 4.79 Å². The third-order valence-corrected chi connectivity index (χ3v) is 4.16. The largest absolute Gasteiger partial charge is 0.350 e. The molecule has 3 rings (SSSR count). The number of pyridine rings is 1. The molecule has 2 aromatic heterocycles. The number of hydrogen-bond donors (Lipinski definition) is 2. The third kappa shape index (κ3) is 2.83. The van der Waals surface area contributed by atoms with Gasteiger partial charge in [0.1, 0.15) is 0 Å². The van der Waals surface area contributed by atoms with E-state index in [2.05, 4.69) is 34.6 Å². The zero-order chi connectivity index (χ0) is 15.7. The van der Waals surface area contributed by atoms with Crippen LogP contribution in [-0.2, 0) is 0 Å². The maximum atomic E-state index is 12.4. The first-order chi connectivity index (χ1) is 10.6. The number of amides is 1. The van der Waals surface area contributed by atoms with E-state index in [1.807, 2.05) is 17.7 Å². The fourth-order valence-electron chi connectivity index (χ4n) is 2.92. The van der Waals surface area contributed by atoms with Gasteiger partial charge in [0.25, 0.3) is 5.91 Å². The number of aryl methyl sites for hydroxylation is 1. The predicted molar refractivity (Wildman–Crippen MR) is 86.0 cm³/mol. The molecule has 0 radical (unpaired) electrons. The standard InChI is InChI=1S/C16H23N5O/c1-10(2)21-15-12(8-19-21)7-14(11(3)20-15)16(22)18-9-13-5-4-6-17-13/h7-8,10,13,17H,4-6,9H2,1-3H3,(H,18,22). The summed E-state index contributed by atoms with van der Waals surface area (Å²) in [6.07, 6.45) is 4.08. The smallest absolute Gasteiger partial charge is 0.253 e. The maximum Gasteiger partial charge on any atom is 0.253 e. The molecule has 1 aliphatic heterocycles. The number of rotatable bonds is 4. The molecule has 1 atom stereocenters. The predicted octanol–water partition coefficient (Wildman–Crippen LogP) is 1.80. The van der Waals surface area contributed by atoms with Gasteiger partial charge in [0, 0.05) is 24.0 Å². The Hall–Kier alpha value is -1.95. The van der Waals surface area contributed by atoms with Crippen molar-refractivity contribution in [1.82, 2.24) is 25.4 Å². The molecule has 0 bridgehead atoms. The van der Waals surface area contributed by atoms with E-state index in [1.54, 1.807) is 6.20 Å². The van der Waals surface area contributed by atoms with Crippen molar-refractivity contribution >= 4 is 16.9 Å². The lowest BCUT2D eigenvalue weighted by atomic mass is 10.1. The molecule has 1 unspecified atom stereocenters. The van der Waals surface area contributed by atoms with Gasteiger partial charge in [-0.1, -0.05) is 0 Å². The highest BCUT2D eigenvalue weighted by Gasteiger charge is 2.18. The molecule has 0 saturated carbocycles. The van der Waals surface area contributed by atoms with Crippen molar-refractivity contribution in [1.29, 1.82) is 0 Å². The molecule has 118 valence electrons. The summed E-state index contributed by atoms with van der Waals surface area (Å²) in [6.45, 7) is 7.72. The normalized spacial score (nSPS) is 18.3. The van der Waals surface area contributed by atoms with Gasteiger partial charge in [-0.2, -0.15) is 5.10 Å². The molecule has 0 spiro atoms. The Morgan fingerprint density at radius 3 is 3.05 bits per heavy atom. The molecule has 0 aromatic carbocycles. The maximum absolute atomic E-state index is 12.4. The van der Waals surface area contributed by atoms with E-state index in [9.17, 15) is 4.79 Å². The Labute approximate surface area is 130 Å².